The van der Waals surface area contributed by atoms with Crippen LogP contribution in [0, 0.1) is 11.8 Å². The Hall–Kier alpha value is -1.93. The number of hydrogen-bond acceptors (Lipinski definition) is 13. The van der Waals surface area contributed by atoms with E-state index in [4.69, 9.17) is 9.47 Å². The number of phosphoric acid groups is 1. The molecular formula is C31H38F2N7Na2O8PS. The van der Waals surface area contributed by atoms with Crippen molar-refractivity contribution < 1.29 is 106 Å². The number of rotatable bonds is 10. The monoisotopic (exact) mass is 783 g/mol. The predicted octanol–water partition coefficient (Wildman–Crippen LogP) is -0.964. The number of thiazole rings is 1. The summed E-state index contributed by atoms with van der Waals surface area (Å²) in [6.45, 7) is 10.8. The number of pyridine rings is 1. The topological polar surface area (TPSA) is 198 Å². The summed E-state index contributed by atoms with van der Waals surface area (Å²) in [5.41, 5.74) is -0.0757. The van der Waals surface area contributed by atoms with Gasteiger partial charge in [0.05, 0.1) is 31.9 Å². The second-order valence-corrected chi connectivity index (χ2v) is 14.2. The Bertz CT molecular complexity index is 1840. The van der Waals surface area contributed by atoms with E-state index in [1.165, 1.54) is 31.6 Å². The van der Waals surface area contributed by atoms with Crippen LogP contribution in [0.3, 0.4) is 0 Å². The molecular weight excluding hydrogens is 745 g/mol. The number of nitrogens with zero attached hydrogens (tertiary/aromatic N) is 6. The van der Waals surface area contributed by atoms with Gasteiger partial charge < -0.3 is 33.7 Å². The fourth-order valence-corrected chi connectivity index (χ4v) is 6.40. The van der Waals surface area contributed by atoms with Crippen LogP contribution in [-0.4, -0.2) is 59.7 Å². The Morgan fingerprint density at radius 1 is 1.10 bits per heavy atom. The minimum atomic E-state index is -5.23. The number of halogens is 2. The summed E-state index contributed by atoms with van der Waals surface area (Å²) in [5.74, 6) is -2.54. The first kappa shape index (κ1) is 46.2. The van der Waals surface area contributed by atoms with E-state index in [9.17, 15) is 32.7 Å². The zero-order chi connectivity index (χ0) is 36.8. The molecule has 1 amide bonds. The van der Waals surface area contributed by atoms with Gasteiger partial charge in [0.15, 0.2) is 12.0 Å². The molecule has 272 valence electrons. The fourth-order valence-electron chi connectivity index (χ4n) is 5.15. The second kappa shape index (κ2) is 20.1. The molecule has 4 aromatic rings. The van der Waals surface area contributed by atoms with Crippen LogP contribution in [0.4, 0.5) is 14.5 Å². The minimum absolute atomic E-state index is 0. The molecule has 4 aromatic heterocycles. The molecule has 0 saturated heterocycles. The van der Waals surface area contributed by atoms with Crippen molar-refractivity contribution in [3.63, 3.8) is 0 Å². The van der Waals surface area contributed by atoms with E-state index in [1.54, 1.807) is 10.9 Å². The maximum atomic E-state index is 14.7. The number of nitrogens with one attached hydrogen (secondary N) is 1. The van der Waals surface area contributed by atoms with Crippen molar-refractivity contribution in [3.8, 4) is 22.0 Å². The van der Waals surface area contributed by atoms with Crippen molar-refractivity contribution in [1.29, 1.82) is 0 Å². The van der Waals surface area contributed by atoms with Crippen LogP contribution < -0.4 is 74.2 Å². The van der Waals surface area contributed by atoms with E-state index < -0.39 is 31.7 Å². The van der Waals surface area contributed by atoms with E-state index >= 15 is 0 Å². The van der Waals surface area contributed by atoms with Crippen molar-refractivity contribution in [2.45, 2.75) is 91.2 Å². The Balaban J connectivity index is 0.000000841. The van der Waals surface area contributed by atoms with Crippen LogP contribution in [0.2, 0.25) is 0 Å². The van der Waals surface area contributed by atoms with Crippen LogP contribution >= 0.6 is 19.2 Å². The molecule has 1 N–H and O–H groups in total. The van der Waals surface area contributed by atoms with Crippen LogP contribution in [0.5, 0.6) is 0 Å². The summed E-state index contributed by atoms with van der Waals surface area (Å²) >= 11 is 1.12. The summed E-state index contributed by atoms with van der Waals surface area (Å²) < 4.78 is 57.3. The molecule has 1 aliphatic carbocycles. The zero-order valence-corrected chi connectivity index (χ0v) is 36.0. The molecule has 15 nitrogen and oxygen atoms in total. The summed E-state index contributed by atoms with van der Waals surface area (Å²) in [4.78, 5) is 53.3. The molecule has 52 heavy (non-hydrogen) atoms. The molecule has 1 aliphatic rings. The van der Waals surface area contributed by atoms with Crippen molar-refractivity contribution in [3.05, 3.63) is 53.6 Å². The van der Waals surface area contributed by atoms with Gasteiger partial charge in [-0.15, -0.1) is 11.3 Å². The van der Waals surface area contributed by atoms with Crippen molar-refractivity contribution in [2.75, 3.05) is 11.9 Å². The first-order chi connectivity index (χ1) is 23.4. The third kappa shape index (κ3) is 13.7. The average molecular weight is 784 g/mol. The number of aromatic nitrogens is 6. The molecule has 0 aliphatic heterocycles. The van der Waals surface area contributed by atoms with E-state index in [0.29, 0.717) is 17.2 Å². The number of carbonyl (C=O) groups is 2. The average Bonchev–Trinajstić information content (AvgIpc) is 3.77. The van der Waals surface area contributed by atoms with Gasteiger partial charge in [0.1, 0.15) is 27.7 Å². The van der Waals surface area contributed by atoms with Crippen molar-refractivity contribution in [2.24, 2.45) is 0 Å². The predicted molar refractivity (Wildman–Crippen MR) is 175 cm³/mol. The smallest absolute Gasteiger partial charge is 0.790 e. The molecule has 1 saturated carbocycles. The molecule has 4 heterocycles. The Kier molecular flexibility index (Phi) is 17.9. The van der Waals surface area contributed by atoms with Gasteiger partial charge in [-0.05, 0) is 72.4 Å². The Labute approximate surface area is 348 Å². The molecule has 21 heteroatoms. The van der Waals surface area contributed by atoms with Crippen LogP contribution in [0.1, 0.15) is 90.0 Å². The van der Waals surface area contributed by atoms with Gasteiger partial charge in [0.2, 0.25) is 5.95 Å². The number of esters is 1. The van der Waals surface area contributed by atoms with Gasteiger partial charge in [-0.25, -0.2) is 19.0 Å². The van der Waals surface area contributed by atoms with E-state index in [0.717, 1.165) is 53.8 Å². The number of phosphoric ester groups is 1. The normalized spacial score (nSPS) is 16.4. The molecule has 1 unspecified atom stereocenters. The third-order valence-electron chi connectivity index (χ3n) is 7.13. The van der Waals surface area contributed by atoms with Gasteiger partial charge in [0, 0.05) is 36.9 Å². The maximum absolute atomic E-state index is 14.7. The largest absolute Gasteiger partial charge is 1.00 e. The quantitative estimate of drug-likeness (QED) is 0.0896. The van der Waals surface area contributed by atoms with Gasteiger partial charge in [-0.2, -0.15) is 14.6 Å². The van der Waals surface area contributed by atoms with E-state index in [-0.39, 0.29) is 106 Å². The molecule has 1 fully saturated rings. The zero-order valence-electron chi connectivity index (χ0n) is 30.3. The molecule has 5 rings (SSSR count). The minimum Gasteiger partial charge on any atom is -0.790 e. The number of ether oxygens (including phenoxy) is 2. The van der Waals surface area contributed by atoms with Gasteiger partial charge in [-0.1, -0.05) is 0 Å². The van der Waals surface area contributed by atoms with E-state index in [2.05, 4.69) is 30.0 Å². The first-order valence-electron chi connectivity index (χ1n) is 15.7. The van der Waals surface area contributed by atoms with Crippen molar-refractivity contribution in [1.82, 2.24) is 29.5 Å². The molecule has 0 aromatic carbocycles. The SMILES string of the molecule is CC(=O)OC(C)(C)C.CCOC1CCC(n2cc(NC(=O)c3csc(-c4cnn(C(C)OP(=O)([O-])[O-])c4)n3)c(-c3nc(F)ccc3F)n2)CC1.[Na+].[Na+]. The van der Waals surface area contributed by atoms with Crippen molar-refractivity contribution >= 4 is 36.7 Å². The van der Waals surface area contributed by atoms with Gasteiger partial charge in [-0.3, -0.25) is 14.3 Å². The Morgan fingerprint density at radius 2 is 1.77 bits per heavy atom. The van der Waals surface area contributed by atoms with Gasteiger partial charge in [0.25, 0.3) is 5.91 Å². The molecule has 1 atom stereocenters. The van der Waals surface area contributed by atoms with Crippen LogP contribution in [-0.2, 0) is 23.4 Å². The van der Waals surface area contributed by atoms with Gasteiger partial charge >= 0.3 is 65.1 Å². The summed E-state index contributed by atoms with van der Waals surface area (Å²) in [7, 11) is -5.23. The summed E-state index contributed by atoms with van der Waals surface area (Å²) in [6, 6.07) is 1.81. The summed E-state index contributed by atoms with van der Waals surface area (Å²) in [5, 5.41) is 13.1. The standard InChI is InChI=1S/C25H28F2N7O6PS.C6H12O2.2Na/c1-3-39-17-6-4-16(5-7-17)34-12-19(23(32-34)22-18(26)8-9-21(27)31-22)29-24(35)20-13-42-25(30-20)15-10-28-33(11-15)14(2)40-41(36,37)38;1-5(7)8-6(2,3)4;;/h8-14,16-17H,3-7H2,1-2H3,(H,29,35)(H2,36,37,38);1-4H3;;/q;;2*+1/p-2. The first-order valence-corrected chi connectivity index (χ1v) is 18.0. The summed E-state index contributed by atoms with van der Waals surface area (Å²) in [6.07, 6.45) is 6.50. The van der Waals surface area contributed by atoms with Crippen LogP contribution in [0.25, 0.3) is 22.0 Å². The fraction of sp³-hybridized carbons (Fsp3) is 0.484. The molecule has 0 radical (unpaired) electrons. The van der Waals surface area contributed by atoms with Crippen LogP contribution in [0.15, 0.2) is 36.1 Å². The number of hydrogen-bond donors (Lipinski definition) is 1. The molecule has 0 spiro atoms. The maximum Gasteiger partial charge on any atom is 1.00 e. The van der Waals surface area contributed by atoms with E-state index in [1.807, 2.05) is 27.7 Å². The Morgan fingerprint density at radius 3 is 2.35 bits per heavy atom. The number of carbonyl (C=O) groups excluding carboxylic acids is 2. The molecule has 0 bridgehead atoms. The third-order valence-corrected chi connectivity index (χ3v) is 8.58. The number of anilines is 1. The second-order valence-electron chi connectivity index (χ2n) is 12.3. The number of amides is 1.